The fraction of sp³-hybridized carbons (Fsp3) is 0.226. The van der Waals surface area contributed by atoms with Gasteiger partial charge in [-0.15, -0.1) is 0 Å². The number of pyridine rings is 1. The lowest BCUT2D eigenvalue weighted by Crippen LogP contribution is -2.23. The smallest absolute Gasteiger partial charge is 0.130 e. The van der Waals surface area contributed by atoms with Crippen LogP contribution in [-0.2, 0) is 19.7 Å². The van der Waals surface area contributed by atoms with Crippen LogP contribution in [0.4, 0.5) is 0 Å². The maximum atomic E-state index is 9.57. The molecule has 37 heavy (non-hydrogen) atoms. The Morgan fingerprint density at radius 3 is 2.14 bits per heavy atom. The zero-order valence-electron chi connectivity index (χ0n) is 21.5. The number of methoxy groups -OCH3 is 2. The van der Waals surface area contributed by atoms with Gasteiger partial charge in [0.2, 0.25) is 0 Å². The SMILES string of the molecule is CCN(Cc1ccncc1)Cc1c(OC)cc(OCc2ccccc2-c2ccccc2C#N)cc1OC. The first-order valence-electron chi connectivity index (χ1n) is 12.2. The number of rotatable bonds is 11. The summed E-state index contributed by atoms with van der Waals surface area (Å²) in [6.07, 6.45) is 3.63. The molecule has 0 aliphatic rings. The lowest BCUT2D eigenvalue weighted by Gasteiger charge is -2.24. The van der Waals surface area contributed by atoms with E-state index in [1.165, 1.54) is 5.56 Å². The second-order valence-corrected chi connectivity index (χ2v) is 8.57. The normalized spacial score (nSPS) is 10.7. The molecule has 6 nitrogen and oxygen atoms in total. The van der Waals surface area contributed by atoms with E-state index in [9.17, 15) is 5.26 Å². The molecule has 0 N–H and O–H groups in total. The monoisotopic (exact) mass is 493 g/mol. The van der Waals surface area contributed by atoms with Crippen molar-refractivity contribution in [3.05, 3.63) is 107 Å². The Bertz CT molecular complexity index is 1340. The largest absolute Gasteiger partial charge is 0.496 e. The number of hydrogen-bond donors (Lipinski definition) is 0. The molecule has 6 heteroatoms. The molecule has 188 valence electrons. The molecule has 1 aromatic heterocycles. The molecule has 0 amide bonds. The number of ether oxygens (including phenoxy) is 3. The van der Waals surface area contributed by atoms with Crippen LogP contribution in [0, 0.1) is 11.3 Å². The van der Waals surface area contributed by atoms with Crippen LogP contribution in [0.2, 0.25) is 0 Å². The summed E-state index contributed by atoms with van der Waals surface area (Å²) in [6.45, 7) is 4.81. The summed E-state index contributed by atoms with van der Waals surface area (Å²) in [4.78, 5) is 6.43. The molecular formula is C31H31N3O3. The van der Waals surface area contributed by atoms with E-state index in [2.05, 4.69) is 22.9 Å². The van der Waals surface area contributed by atoms with Gasteiger partial charge in [-0.2, -0.15) is 5.26 Å². The molecule has 3 aromatic carbocycles. The van der Waals surface area contributed by atoms with E-state index in [4.69, 9.17) is 14.2 Å². The summed E-state index contributed by atoms with van der Waals surface area (Å²) in [5.74, 6) is 2.08. The van der Waals surface area contributed by atoms with Gasteiger partial charge in [0.25, 0.3) is 0 Å². The fourth-order valence-electron chi connectivity index (χ4n) is 4.33. The van der Waals surface area contributed by atoms with Crippen molar-refractivity contribution in [1.82, 2.24) is 9.88 Å². The van der Waals surface area contributed by atoms with Crippen molar-refractivity contribution in [2.75, 3.05) is 20.8 Å². The van der Waals surface area contributed by atoms with Crippen LogP contribution >= 0.6 is 0 Å². The summed E-state index contributed by atoms with van der Waals surface area (Å²) in [5.41, 5.74) is 5.66. The van der Waals surface area contributed by atoms with E-state index >= 15 is 0 Å². The zero-order chi connectivity index (χ0) is 26.0. The second kappa shape index (κ2) is 12.6. The van der Waals surface area contributed by atoms with Crippen LogP contribution in [0.3, 0.4) is 0 Å². The Morgan fingerprint density at radius 1 is 0.838 bits per heavy atom. The van der Waals surface area contributed by atoms with Gasteiger partial charge in [-0.1, -0.05) is 49.4 Å². The fourth-order valence-corrected chi connectivity index (χ4v) is 4.33. The highest BCUT2D eigenvalue weighted by Crippen LogP contribution is 2.36. The molecule has 0 spiro atoms. The van der Waals surface area contributed by atoms with Gasteiger partial charge in [0.1, 0.15) is 23.9 Å². The summed E-state index contributed by atoms with van der Waals surface area (Å²) >= 11 is 0. The van der Waals surface area contributed by atoms with Crippen LogP contribution in [0.5, 0.6) is 17.2 Å². The molecule has 1 heterocycles. The maximum absolute atomic E-state index is 9.57. The second-order valence-electron chi connectivity index (χ2n) is 8.57. The van der Waals surface area contributed by atoms with Crippen molar-refractivity contribution in [3.63, 3.8) is 0 Å². The Balaban J connectivity index is 1.57. The van der Waals surface area contributed by atoms with Gasteiger partial charge in [-0.25, -0.2) is 0 Å². The van der Waals surface area contributed by atoms with Gasteiger partial charge in [0.15, 0.2) is 0 Å². The lowest BCUT2D eigenvalue weighted by atomic mass is 9.96. The van der Waals surface area contributed by atoms with E-state index in [0.29, 0.717) is 36.0 Å². The number of nitriles is 1. The average molecular weight is 494 g/mol. The van der Waals surface area contributed by atoms with Crippen molar-refractivity contribution in [2.45, 2.75) is 26.6 Å². The van der Waals surface area contributed by atoms with Crippen molar-refractivity contribution in [2.24, 2.45) is 0 Å². The molecule has 0 aliphatic carbocycles. The maximum Gasteiger partial charge on any atom is 0.130 e. The number of hydrogen-bond acceptors (Lipinski definition) is 6. The van der Waals surface area contributed by atoms with E-state index in [1.54, 1.807) is 14.2 Å². The Morgan fingerprint density at radius 2 is 1.49 bits per heavy atom. The van der Waals surface area contributed by atoms with Gasteiger partial charge in [-0.05, 0) is 47.0 Å². The first-order chi connectivity index (χ1) is 18.2. The summed E-state index contributed by atoms with van der Waals surface area (Å²) in [6, 6.07) is 25.7. The Labute approximate surface area is 218 Å². The highest BCUT2D eigenvalue weighted by molar-refractivity contribution is 5.73. The Hall–Kier alpha value is -4.34. The average Bonchev–Trinajstić information content (AvgIpc) is 2.96. The van der Waals surface area contributed by atoms with E-state index in [1.807, 2.05) is 85.2 Å². The van der Waals surface area contributed by atoms with Crippen LogP contribution in [0.25, 0.3) is 11.1 Å². The van der Waals surface area contributed by atoms with Crippen LogP contribution in [0.15, 0.2) is 85.2 Å². The third kappa shape index (κ3) is 6.27. The highest BCUT2D eigenvalue weighted by Gasteiger charge is 2.17. The van der Waals surface area contributed by atoms with Crippen LogP contribution in [-0.4, -0.2) is 30.6 Å². The van der Waals surface area contributed by atoms with Crippen molar-refractivity contribution >= 4 is 0 Å². The minimum Gasteiger partial charge on any atom is -0.496 e. The molecule has 0 aliphatic heterocycles. The third-order valence-corrected chi connectivity index (χ3v) is 6.32. The van der Waals surface area contributed by atoms with Crippen molar-refractivity contribution < 1.29 is 14.2 Å². The molecular weight excluding hydrogens is 462 g/mol. The first kappa shape index (κ1) is 25.7. The quantitative estimate of drug-likeness (QED) is 0.246. The predicted octanol–water partition coefficient (Wildman–Crippen LogP) is 6.24. The molecule has 0 saturated carbocycles. The topological polar surface area (TPSA) is 67.6 Å². The van der Waals surface area contributed by atoms with Crippen molar-refractivity contribution in [1.29, 1.82) is 5.26 Å². The molecule has 0 bridgehead atoms. The predicted molar refractivity (Wildman–Crippen MR) is 144 cm³/mol. The molecule has 4 aromatic rings. The number of nitrogens with zero attached hydrogens (tertiary/aromatic N) is 3. The third-order valence-electron chi connectivity index (χ3n) is 6.32. The minimum atomic E-state index is 0.338. The molecule has 0 atom stereocenters. The lowest BCUT2D eigenvalue weighted by molar-refractivity contribution is 0.258. The molecule has 0 saturated heterocycles. The molecule has 0 unspecified atom stereocenters. The van der Waals surface area contributed by atoms with Crippen LogP contribution < -0.4 is 14.2 Å². The number of benzene rings is 3. The van der Waals surface area contributed by atoms with Crippen LogP contribution in [0.1, 0.15) is 29.2 Å². The summed E-state index contributed by atoms with van der Waals surface area (Å²) in [5, 5.41) is 9.57. The molecule has 0 radical (unpaired) electrons. The van der Waals surface area contributed by atoms with Gasteiger partial charge >= 0.3 is 0 Å². The summed E-state index contributed by atoms with van der Waals surface area (Å²) in [7, 11) is 3.32. The standard InChI is InChI=1S/C31H31N3O3/c1-4-34(20-23-13-15-33-16-14-23)21-29-30(35-2)17-26(18-31(29)36-3)37-22-25-10-6-8-12-28(25)27-11-7-5-9-24(27)19-32/h5-18H,4,20-22H2,1-3H3. The zero-order valence-corrected chi connectivity index (χ0v) is 21.5. The van der Waals surface area contributed by atoms with E-state index in [0.717, 1.165) is 35.3 Å². The first-order valence-corrected chi connectivity index (χ1v) is 12.2. The van der Waals surface area contributed by atoms with Gasteiger partial charge in [0.05, 0.1) is 31.4 Å². The highest BCUT2D eigenvalue weighted by atomic mass is 16.5. The molecule has 4 rings (SSSR count). The van der Waals surface area contributed by atoms with Gasteiger partial charge in [-0.3, -0.25) is 9.88 Å². The van der Waals surface area contributed by atoms with Crippen molar-refractivity contribution in [3.8, 4) is 34.4 Å². The van der Waals surface area contributed by atoms with E-state index < -0.39 is 0 Å². The van der Waals surface area contributed by atoms with E-state index in [-0.39, 0.29) is 0 Å². The van der Waals surface area contributed by atoms with Gasteiger partial charge < -0.3 is 14.2 Å². The van der Waals surface area contributed by atoms with Gasteiger partial charge in [0, 0.05) is 37.6 Å². The Kier molecular flexibility index (Phi) is 8.75. The minimum absolute atomic E-state index is 0.338. The molecule has 0 fully saturated rings. The number of aromatic nitrogens is 1. The summed E-state index contributed by atoms with van der Waals surface area (Å²) < 4.78 is 17.8.